The van der Waals surface area contributed by atoms with E-state index in [1.54, 1.807) is 0 Å². The Balaban J connectivity index is 1.67. The van der Waals surface area contributed by atoms with Crippen molar-refractivity contribution >= 4 is 5.91 Å². The maximum absolute atomic E-state index is 12.2. The second kappa shape index (κ2) is 7.07. The van der Waals surface area contributed by atoms with Gasteiger partial charge in [-0.25, -0.2) is 0 Å². The van der Waals surface area contributed by atoms with E-state index >= 15 is 0 Å². The van der Waals surface area contributed by atoms with Crippen LogP contribution in [0.15, 0.2) is 0 Å². The van der Waals surface area contributed by atoms with Crippen molar-refractivity contribution in [2.24, 2.45) is 11.7 Å². The van der Waals surface area contributed by atoms with Crippen LogP contribution in [-0.2, 0) is 14.3 Å². The molecule has 2 aliphatic heterocycles. The zero-order chi connectivity index (χ0) is 12.8. The van der Waals surface area contributed by atoms with E-state index in [0.29, 0.717) is 19.3 Å². The maximum Gasteiger partial charge on any atom is 0.228 e. The van der Waals surface area contributed by atoms with E-state index < -0.39 is 0 Å². The van der Waals surface area contributed by atoms with E-state index in [1.807, 2.05) is 4.90 Å². The number of nitrogens with two attached hydrogens (primary N) is 1. The van der Waals surface area contributed by atoms with Gasteiger partial charge in [-0.15, -0.1) is 0 Å². The third-order valence-electron chi connectivity index (χ3n) is 3.73. The first-order valence-corrected chi connectivity index (χ1v) is 6.99. The van der Waals surface area contributed by atoms with Gasteiger partial charge in [0.1, 0.15) is 0 Å². The SMILES string of the molecule is NCCCOC1CCN(C(=O)C2CCOC2)CC1. The quantitative estimate of drug-likeness (QED) is 0.722. The van der Waals surface area contributed by atoms with Crippen LogP contribution in [0.1, 0.15) is 25.7 Å². The minimum absolute atomic E-state index is 0.0970. The molecular formula is C13H24N2O3. The van der Waals surface area contributed by atoms with Crippen molar-refractivity contribution in [3.8, 4) is 0 Å². The Morgan fingerprint density at radius 1 is 1.33 bits per heavy atom. The first-order valence-electron chi connectivity index (χ1n) is 6.99. The van der Waals surface area contributed by atoms with E-state index in [-0.39, 0.29) is 11.8 Å². The number of piperidine rings is 1. The summed E-state index contributed by atoms with van der Waals surface area (Å²) in [6, 6.07) is 0. The number of hydrogen-bond acceptors (Lipinski definition) is 4. The van der Waals surface area contributed by atoms with Crippen LogP contribution in [0.3, 0.4) is 0 Å². The molecular weight excluding hydrogens is 232 g/mol. The summed E-state index contributed by atoms with van der Waals surface area (Å²) < 4.78 is 11.0. The molecule has 2 saturated heterocycles. The van der Waals surface area contributed by atoms with Crippen LogP contribution in [0.25, 0.3) is 0 Å². The van der Waals surface area contributed by atoms with Gasteiger partial charge in [0.2, 0.25) is 5.91 Å². The summed E-state index contributed by atoms with van der Waals surface area (Å²) in [5.41, 5.74) is 5.43. The molecule has 2 heterocycles. The summed E-state index contributed by atoms with van der Waals surface area (Å²) in [6.07, 6.45) is 4.00. The number of carbonyl (C=O) groups excluding carboxylic acids is 1. The fourth-order valence-corrected chi connectivity index (χ4v) is 2.56. The number of nitrogens with zero attached hydrogens (tertiary/aromatic N) is 1. The highest BCUT2D eigenvalue weighted by atomic mass is 16.5. The Morgan fingerprint density at radius 3 is 2.72 bits per heavy atom. The molecule has 0 spiro atoms. The Morgan fingerprint density at radius 2 is 2.11 bits per heavy atom. The summed E-state index contributed by atoms with van der Waals surface area (Å²) in [7, 11) is 0. The van der Waals surface area contributed by atoms with Crippen LogP contribution in [0, 0.1) is 5.92 Å². The van der Waals surface area contributed by atoms with Gasteiger partial charge in [0.15, 0.2) is 0 Å². The monoisotopic (exact) mass is 256 g/mol. The van der Waals surface area contributed by atoms with Gasteiger partial charge in [-0.2, -0.15) is 0 Å². The molecule has 2 aliphatic rings. The van der Waals surface area contributed by atoms with Crippen molar-refractivity contribution in [2.45, 2.75) is 31.8 Å². The van der Waals surface area contributed by atoms with E-state index in [2.05, 4.69) is 0 Å². The summed E-state index contributed by atoms with van der Waals surface area (Å²) in [4.78, 5) is 14.1. The predicted octanol–water partition coefficient (Wildman–Crippen LogP) is 0.379. The van der Waals surface area contributed by atoms with Crippen LogP contribution in [0.2, 0.25) is 0 Å². The van der Waals surface area contributed by atoms with Gasteiger partial charge in [-0.3, -0.25) is 4.79 Å². The number of hydrogen-bond donors (Lipinski definition) is 1. The zero-order valence-electron chi connectivity index (χ0n) is 11.0. The molecule has 1 atom stereocenters. The summed E-state index contributed by atoms with van der Waals surface area (Å²) in [5, 5.41) is 0. The minimum atomic E-state index is 0.0970. The van der Waals surface area contributed by atoms with Gasteiger partial charge < -0.3 is 20.1 Å². The first kappa shape index (κ1) is 13.8. The molecule has 0 aromatic heterocycles. The average molecular weight is 256 g/mol. The van der Waals surface area contributed by atoms with Crippen LogP contribution >= 0.6 is 0 Å². The van der Waals surface area contributed by atoms with Crippen LogP contribution < -0.4 is 5.73 Å². The molecule has 2 rings (SSSR count). The van der Waals surface area contributed by atoms with Gasteiger partial charge in [-0.1, -0.05) is 0 Å². The fraction of sp³-hybridized carbons (Fsp3) is 0.923. The third-order valence-corrected chi connectivity index (χ3v) is 3.73. The Bertz CT molecular complexity index is 259. The fourth-order valence-electron chi connectivity index (χ4n) is 2.56. The first-order chi connectivity index (χ1) is 8.81. The molecule has 2 fully saturated rings. The molecule has 104 valence electrons. The molecule has 0 bridgehead atoms. The number of ether oxygens (including phenoxy) is 2. The topological polar surface area (TPSA) is 64.8 Å². The number of carbonyl (C=O) groups is 1. The maximum atomic E-state index is 12.2. The minimum Gasteiger partial charge on any atom is -0.381 e. The largest absolute Gasteiger partial charge is 0.381 e. The third kappa shape index (κ3) is 3.67. The second-order valence-corrected chi connectivity index (χ2v) is 5.10. The van der Waals surface area contributed by atoms with Crippen molar-refractivity contribution in [2.75, 3.05) is 39.5 Å². The van der Waals surface area contributed by atoms with Gasteiger partial charge in [0.25, 0.3) is 0 Å². The average Bonchev–Trinajstić information content (AvgIpc) is 2.93. The molecule has 18 heavy (non-hydrogen) atoms. The number of likely N-dealkylation sites (tertiary alicyclic amines) is 1. The van der Waals surface area contributed by atoms with Crippen molar-refractivity contribution < 1.29 is 14.3 Å². The lowest BCUT2D eigenvalue weighted by atomic mass is 10.0. The van der Waals surface area contributed by atoms with E-state index in [9.17, 15) is 4.79 Å². The van der Waals surface area contributed by atoms with Gasteiger partial charge >= 0.3 is 0 Å². The van der Waals surface area contributed by atoms with Crippen molar-refractivity contribution in [1.82, 2.24) is 4.90 Å². The standard InChI is InChI=1S/C13H24N2O3/c14-5-1-8-18-12-2-6-15(7-3-12)13(16)11-4-9-17-10-11/h11-12H,1-10,14H2. The lowest BCUT2D eigenvalue weighted by Crippen LogP contribution is -2.43. The molecule has 0 radical (unpaired) electrons. The zero-order valence-corrected chi connectivity index (χ0v) is 11.0. The number of amides is 1. The summed E-state index contributed by atoms with van der Waals surface area (Å²) in [5.74, 6) is 0.368. The van der Waals surface area contributed by atoms with Crippen LogP contribution in [0.5, 0.6) is 0 Å². The van der Waals surface area contributed by atoms with Gasteiger partial charge in [-0.05, 0) is 32.2 Å². The van der Waals surface area contributed by atoms with Crippen molar-refractivity contribution in [3.63, 3.8) is 0 Å². The van der Waals surface area contributed by atoms with Crippen LogP contribution in [-0.4, -0.2) is 56.4 Å². The van der Waals surface area contributed by atoms with Crippen LogP contribution in [0.4, 0.5) is 0 Å². The number of rotatable bonds is 5. The van der Waals surface area contributed by atoms with Crippen molar-refractivity contribution in [1.29, 1.82) is 0 Å². The molecule has 0 aromatic rings. The highest BCUT2D eigenvalue weighted by Crippen LogP contribution is 2.20. The lowest BCUT2D eigenvalue weighted by molar-refractivity contribution is -0.138. The van der Waals surface area contributed by atoms with Gasteiger partial charge in [0.05, 0.1) is 18.6 Å². The van der Waals surface area contributed by atoms with E-state index in [1.165, 1.54) is 0 Å². The Labute approximate surface area is 109 Å². The normalized spacial score (nSPS) is 25.6. The molecule has 1 amide bonds. The molecule has 5 nitrogen and oxygen atoms in total. The molecule has 1 unspecified atom stereocenters. The summed E-state index contributed by atoms with van der Waals surface area (Å²) >= 11 is 0. The second-order valence-electron chi connectivity index (χ2n) is 5.10. The highest BCUT2D eigenvalue weighted by Gasteiger charge is 2.30. The lowest BCUT2D eigenvalue weighted by Gasteiger charge is -2.33. The van der Waals surface area contributed by atoms with Crippen molar-refractivity contribution in [3.05, 3.63) is 0 Å². The molecule has 0 aromatic carbocycles. The molecule has 0 aliphatic carbocycles. The Kier molecular flexibility index (Phi) is 5.41. The Hall–Kier alpha value is -0.650. The highest BCUT2D eigenvalue weighted by molar-refractivity contribution is 5.79. The summed E-state index contributed by atoms with van der Waals surface area (Å²) in [6.45, 7) is 4.40. The predicted molar refractivity (Wildman–Crippen MR) is 68.2 cm³/mol. The molecule has 0 saturated carbocycles. The molecule has 2 N–H and O–H groups in total. The van der Waals surface area contributed by atoms with E-state index in [0.717, 1.165) is 52.0 Å². The molecule has 5 heteroatoms. The van der Waals surface area contributed by atoms with E-state index in [4.69, 9.17) is 15.2 Å². The smallest absolute Gasteiger partial charge is 0.228 e. The van der Waals surface area contributed by atoms with Gasteiger partial charge in [0, 0.05) is 26.3 Å².